The zero-order valence-corrected chi connectivity index (χ0v) is 20.1. The van der Waals surface area contributed by atoms with Crippen LogP contribution in [0, 0.1) is 13.8 Å². The minimum absolute atomic E-state index is 0. The van der Waals surface area contributed by atoms with E-state index in [4.69, 9.17) is 9.73 Å². The van der Waals surface area contributed by atoms with Crippen LogP contribution in [0.15, 0.2) is 29.3 Å². The summed E-state index contributed by atoms with van der Waals surface area (Å²) in [5.74, 6) is 1.77. The Kier molecular flexibility index (Phi) is 9.50. The molecule has 0 radical (unpaired) electrons. The highest BCUT2D eigenvalue weighted by Crippen LogP contribution is 2.27. The van der Waals surface area contributed by atoms with Crippen LogP contribution in [0.1, 0.15) is 53.7 Å². The molecule has 2 N–H and O–H groups in total. The second-order valence-corrected chi connectivity index (χ2v) is 8.22. The fourth-order valence-electron chi connectivity index (χ4n) is 3.22. The predicted molar refractivity (Wildman–Crippen MR) is 128 cm³/mol. The zero-order chi connectivity index (χ0) is 19.1. The Bertz CT molecular complexity index is 752. The van der Waals surface area contributed by atoms with E-state index in [2.05, 4.69) is 48.5 Å². The van der Waals surface area contributed by atoms with E-state index in [1.54, 1.807) is 11.3 Å². The number of rotatable bonds is 7. The second kappa shape index (κ2) is 11.6. The fourth-order valence-corrected chi connectivity index (χ4v) is 4.09. The third-order valence-electron chi connectivity index (χ3n) is 4.80. The number of nitrogens with one attached hydrogen (secondary N) is 2. The summed E-state index contributed by atoms with van der Waals surface area (Å²) in [6, 6.07) is 8.25. The number of aryl methyl sites for hydroxylation is 2. The fraction of sp³-hybridized carbons (Fsp3) is 0.524. The van der Waals surface area contributed by atoms with E-state index in [0.29, 0.717) is 19.2 Å². The van der Waals surface area contributed by atoms with Crippen molar-refractivity contribution in [2.24, 2.45) is 4.99 Å². The van der Waals surface area contributed by atoms with Crippen LogP contribution < -0.4 is 15.4 Å². The Balaban J connectivity index is 0.00000280. The molecule has 5 nitrogen and oxygen atoms in total. The molecule has 0 amide bonds. The molecule has 1 aromatic carbocycles. The molecule has 3 rings (SSSR count). The van der Waals surface area contributed by atoms with Crippen LogP contribution in [-0.4, -0.2) is 23.6 Å². The van der Waals surface area contributed by atoms with E-state index >= 15 is 0 Å². The minimum atomic E-state index is 0. The van der Waals surface area contributed by atoms with Gasteiger partial charge in [0, 0.05) is 17.0 Å². The molecule has 7 heteroatoms. The molecule has 1 heterocycles. The maximum atomic E-state index is 6.23. The van der Waals surface area contributed by atoms with Gasteiger partial charge in [0.2, 0.25) is 0 Å². The maximum absolute atomic E-state index is 6.23. The van der Waals surface area contributed by atoms with Crippen molar-refractivity contribution in [2.75, 3.05) is 6.54 Å². The summed E-state index contributed by atoms with van der Waals surface area (Å²) in [6.07, 6.45) is 5.23. The predicted octanol–water partition coefficient (Wildman–Crippen LogP) is 4.95. The average Bonchev–Trinajstić information content (AvgIpc) is 3.28. The third-order valence-corrected chi connectivity index (χ3v) is 5.87. The number of nitrogens with zero attached hydrogens (tertiary/aromatic N) is 2. The van der Waals surface area contributed by atoms with Gasteiger partial charge in [-0.15, -0.1) is 35.3 Å². The lowest BCUT2D eigenvalue weighted by Gasteiger charge is -2.16. The molecule has 0 atom stereocenters. The molecule has 0 saturated heterocycles. The Labute approximate surface area is 189 Å². The first kappa shape index (κ1) is 22.9. The van der Waals surface area contributed by atoms with Crippen LogP contribution in [0.25, 0.3) is 0 Å². The van der Waals surface area contributed by atoms with Gasteiger partial charge in [-0.25, -0.2) is 9.98 Å². The number of guanidine groups is 1. The number of thiazole rings is 1. The van der Waals surface area contributed by atoms with Gasteiger partial charge in [0.15, 0.2) is 5.96 Å². The summed E-state index contributed by atoms with van der Waals surface area (Å²) in [7, 11) is 0. The number of ether oxygens (including phenoxy) is 1. The van der Waals surface area contributed by atoms with Crippen molar-refractivity contribution in [3.63, 3.8) is 0 Å². The largest absolute Gasteiger partial charge is 0.490 e. The van der Waals surface area contributed by atoms with Gasteiger partial charge in [-0.05, 0) is 52.5 Å². The van der Waals surface area contributed by atoms with Gasteiger partial charge in [-0.1, -0.05) is 18.2 Å². The molecular formula is C21H31IN4OS. The molecule has 0 spiro atoms. The Morgan fingerprint density at radius 1 is 1.21 bits per heavy atom. The van der Waals surface area contributed by atoms with Gasteiger partial charge >= 0.3 is 0 Å². The maximum Gasteiger partial charge on any atom is 0.191 e. The molecule has 2 aromatic rings. The molecule has 1 aromatic heterocycles. The number of aliphatic imine (C=N–C) groups is 1. The Hall–Kier alpha value is -1.35. The highest BCUT2D eigenvalue weighted by Gasteiger charge is 2.17. The molecule has 0 unspecified atom stereocenters. The highest BCUT2D eigenvalue weighted by atomic mass is 127. The van der Waals surface area contributed by atoms with Gasteiger partial charge in [0.25, 0.3) is 0 Å². The Morgan fingerprint density at radius 3 is 2.64 bits per heavy atom. The average molecular weight is 514 g/mol. The van der Waals surface area contributed by atoms with E-state index in [1.165, 1.54) is 17.7 Å². The lowest BCUT2D eigenvalue weighted by molar-refractivity contribution is 0.208. The van der Waals surface area contributed by atoms with Gasteiger partial charge < -0.3 is 15.4 Å². The zero-order valence-electron chi connectivity index (χ0n) is 17.0. The summed E-state index contributed by atoms with van der Waals surface area (Å²) < 4.78 is 6.23. The van der Waals surface area contributed by atoms with Crippen molar-refractivity contribution in [3.8, 4) is 5.75 Å². The van der Waals surface area contributed by atoms with Gasteiger partial charge in [-0.2, -0.15) is 0 Å². The quantitative estimate of drug-likeness (QED) is 0.312. The van der Waals surface area contributed by atoms with Gasteiger partial charge in [-0.3, -0.25) is 0 Å². The molecule has 0 bridgehead atoms. The molecule has 28 heavy (non-hydrogen) atoms. The minimum Gasteiger partial charge on any atom is -0.490 e. The third kappa shape index (κ3) is 6.62. The van der Waals surface area contributed by atoms with E-state index < -0.39 is 0 Å². The van der Waals surface area contributed by atoms with Crippen LogP contribution in [0.5, 0.6) is 5.75 Å². The molecule has 0 aliphatic heterocycles. The summed E-state index contributed by atoms with van der Waals surface area (Å²) in [5, 5.41) is 7.78. The summed E-state index contributed by atoms with van der Waals surface area (Å²) in [5.41, 5.74) is 2.24. The van der Waals surface area contributed by atoms with Gasteiger partial charge in [0.1, 0.15) is 10.8 Å². The monoisotopic (exact) mass is 514 g/mol. The SMILES string of the molecule is CCNC(=NCc1ccccc1OC1CCCC1)NCc1nc(C)c(C)s1.I. The van der Waals surface area contributed by atoms with Crippen molar-refractivity contribution in [1.29, 1.82) is 0 Å². The number of halogens is 1. The number of hydrogen-bond acceptors (Lipinski definition) is 4. The number of aromatic nitrogens is 1. The first-order valence-corrected chi connectivity index (χ1v) is 10.7. The van der Waals surface area contributed by atoms with Crippen LogP contribution in [0.2, 0.25) is 0 Å². The lowest BCUT2D eigenvalue weighted by Crippen LogP contribution is -2.36. The molecule has 154 valence electrons. The first-order chi connectivity index (χ1) is 13.2. The van der Waals surface area contributed by atoms with Gasteiger partial charge in [0.05, 0.1) is 24.9 Å². The van der Waals surface area contributed by atoms with E-state index in [-0.39, 0.29) is 24.0 Å². The highest BCUT2D eigenvalue weighted by molar-refractivity contribution is 14.0. The van der Waals surface area contributed by atoms with E-state index in [9.17, 15) is 0 Å². The molecule has 1 fully saturated rings. The van der Waals surface area contributed by atoms with Crippen LogP contribution in [-0.2, 0) is 13.1 Å². The standard InChI is InChI=1S/C21H30N4OS.HI/c1-4-22-21(24-14-20-25-15(2)16(3)27-20)23-13-17-9-5-8-12-19(17)26-18-10-6-7-11-18;/h5,8-9,12,18H,4,6-7,10-11,13-14H2,1-3H3,(H2,22,23,24);1H. The smallest absolute Gasteiger partial charge is 0.191 e. The summed E-state index contributed by atoms with van der Waals surface area (Å²) in [4.78, 5) is 10.6. The van der Waals surface area contributed by atoms with Crippen LogP contribution in [0.4, 0.5) is 0 Å². The number of hydrogen-bond donors (Lipinski definition) is 2. The molecule has 1 aliphatic rings. The van der Waals surface area contributed by atoms with E-state index in [1.807, 2.05) is 12.1 Å². The van der Waals surface area contributed by atoms with Crippen molar-refractivity contribution < 1.29 is 4.74 Å². The number of benzene rings is 1. The van der Waals surface area contributed by atoms with Crippen LogP contribution in [0.3, 0.4) is 0 Å². The Morgan fingerprint density at radius 2 is 1.96 bits per heavy atom. The topological polar surface area (TPSA) is 58.5 Å². The van der Waals surface area contributed by atoms with Crippen molar-refractivity contribution in [1.82, 2.24) is 15.6 Å². The van der Waals surface area contributed by atoms with E-state index in [0.717, 1.165) is 47.4 Å². The molecular weight excluding hydrogens is 483 g/mol. The van der Waals surface area contributed by atoms with Crippen molar-refractivity contribution >= 4 is 41.3 Å². The lowest BCUT2D eigenvalue weighted by atomic mass is 10.2. The second-order valence-electron chi connectivity index (χ2n) is 6.93. The summed E-state index contributed by atoms with van der Waals surface area (Å²) >= 11 is 1.73. The normalized spacial score (nSPS) is 14.6. The molecule has 1 aliphatic carbocycles. The summed E-state index contributed by atoms with van der Waals surface area (Å²) in [6.45, 7) is 8.33. The molecule has 1 saturated carbocycles. The number of para-hydroxylation sites is 1. The first-order valence-electron chi connectivity index (χ1n) is 9.85. The van der Waals surface area contributed by atoms with Crippen molar-refractivity contribution in [3.05, 3.63) is 45.4 Å². The van der Waals surface area contributed by atoms with Crippen molar-refractivity contribution in [2.45, 2.75) is 65.6 Å². The van der Waals surface area contributed by atoms with Crippen LogP contribution >= 0.6 is 35.3 Å².